The summed E-state index contributed by atoms with van der Waals surface area (Å²) in [7, 11) is 0. The van der Waals surface area contributed by atoms with Gasteiger partial charge in [0, 0.05) is 13.0 Å². The Hall–Kier alpha value is -3.88. The molecule has 0 radical (unpaired) electrons. The van der Waals surface area contributed by atoms with Gasteiger partial charge in [-0.2, -0.15) is 0 Å². The van der Waals surface area contributed by atoms with Gasteiger partial charge in [-0.15, -0.1) is 0 Å². The van der Waals surface area contributed by atoms with Gasteiger partial charge in [-0.3, -0.25) is 9.59 Å². The first-order valence-electron chi connectivity index (χ1n) is 15.4. The van der Waals surface area contributed by atoms with Gasteiger partial charge in [-0.1, -0.05) is 61.9 Å². The van der Waals surface area contributed by atoms with Crippen molar-refractivity contribution in [2.45, 2.75) is 118 Å². The van der Waals surface area contributed by atoms with Crippen molar-refractivity contribution in [3.05, 3.63) is 70.8 Å². The minimum atomic E-state index is -1.07. The van der Waals surface area contributed by atoms with Crippen LogP contribution in [0.1, 0.15) is 96.5 Å². The molecule has 2 aromatic carbocycles. The van der Waals surface area contributed by atoms with Gasteiger partial charge >= 0.3 is 12.1 Å². The third kappa shape index (κ3) is 11.3. The molecule has 0 aliphatic carbocycles. The Morgan fingerprint density at radius 2 is 1.45 bits per heavy atom. The van der Waals surface area contributed by atoms with Crippen LogP contribution in [0.3, 0.4) is 0 Å². The van der Waals surface area contributed by atoms with Crippen LogP contribution in [0.4, 0.5) is 4.79 Å². The molecule has 0 aliphatic heterocycles. The fourth-order valence-corrected chi connectivity index (χ4v) is 4.68. The third-order valence-electron chi connectivity index (χ3n) is 6.93. The van der Waals surface area contributed by atoms with E-state index in [2.05, 4.69) is 10.6 Å². The molecule has 0 aliphatic rings. The summed E-state index contributed by atoms with van der Waals surface area (Å²) in [5, 5.41) is 5.56. The van der Waals surface area contributed by atoms with Crippen molar-refractivity contribution in [2.75, 3.05) is 6.54 Å². The number of nitrogens with zero attached hydrogens (tertiary/aromatic N) is 1. The second kappa shape index (κ2) is 15.7. The molecule has 0 saturated heterocycles. The maximum Gasteiger partial charge on any atom is 0.408 e. The number of hydrogen-bond acceptors (Lipinski definition) is 6. The topological polar surface area (TPSA) is 114 Å². The fraction of sp³-hybridized carbons (Fsp3) is 0.543. The van der Waals surface area contributed by atoms with Gasteiger partial charge in [0.15, 0.2) is 0 Å². The van der Waals surface area contributed by atoms with Gasteiger partial charge in [0.1, 0.15) is 29.3 Å². The standard InChI is InChI=1S/C35H51N3O6/c1-11-12-21-38(31(40)25(4)36-33(42)44-35(8,9)10)29(27-20-16-17-23(2)24(27)3)30(39)37-28(32(41)43-34(5,6)7)22-26-18-14-13-15-19-26/h13-20,25,28-29H,11-12,21-22H2,1-10H3,(H,36,42)(H,37,39). The minimum Gasteiger partial charge on any atom is -0.458 e. The fourth-order valence-electron chi connectivity index (χ4n) is 4.68. The number of aryl methyl sites for hydroxylation is 1. The monoisotopic (exact) mass is 609 g/mol. The molecule has 0 spiro atoms. The Kier molecular flexibility index (Phi) is 13.0. The van der Waals surface area contributed by atoms with E-state index in [1.165, 1.54) is 4.90 Å². The molecule has 44 heavy (non-hydrogen) atoms. The number of benzene rings is 2. The van der Waals surface area contributed by atoms with Gasteiger partial charge < -0.3 is 25.0 Å². The Bertz CT molecular complexity index is 1280. The number of hydrogen-bond donors (Lipinski definition) is 2. The Balaban J connectivity index is 2.57. The minimum absolute atomic E-state index is 0.209. The first-order valence-corrected chi connectivity index (χ1v) is 15.4. The van der Waals surface area contributed by atoms with E-state index in [9.17, 15) is 19.2 Å². The molecule has 0 aromatic heterocycles. The lowest BCUT2D eigenvalue weighted by Crippen LogP contribution is -2.54. The highest BCUT2D eigenvalue weighted by molar-refractivity contribution is 5.94. The smallest absolute Gasteiger partial charge is 0.408 e. The molecule has 242 valence electrons. The predicted octanol–water partition coefficient (Wildman–Crippen LogP) is 5.96. The molecule has 9 heteroatoms. The lowest BCUT2D eigenvalue weighted by Gasteiger charge is -2.35. The maximum atomic E-state index is 14.4. The number of alkyl carbamates (subject to hydrolysis) is 1. The number of ether oxygens (including phenoxy) is 2. The number of amides is 3. The molecule has 3 amide bonds. The SMILES string of the molecule is CCCCN(C(=O)C(C)NC(=O)OC(C)(C)C)C(C(=O)NC(Cc1ccccc1)C(=O)OC(C)(C)C)c1cccc(C)c1C. The highest BCUT2D eigenvalue weighted by Gasteiger charge is 2.37. The first-order chi connectivity index (χ1) is 20.4. The lowest BCUT2D eigenvalue weighted by molar-refractivity contribution is -0.159. The third-order valence-corrected chi connectivity index (χ3v) is 6.93. The first kappa shape index (κ1) is 36.3. The molecule has 0 heterocycles. The molecule has 0 saturated carbocycles. The summed E-state index contributed by atoms with van der Waals surface area (Å²) >= 11 is 0. The molecule has 2 rings (SSSR count). The zero-order valence-electron chi connectivity index (χ0n) is 28.1. The summed E-state index contributed by atoms with van der Waals surface area (Å²) in [6, 6.07) is 11.9. The molecular weight excluding hydrogens is 558 g/mol. The number of nitrogens with one attached hydrogen (secondary N) is 2. The normalized spacial score (nSPS) is 13.7. The molecule has 2 aromatic rings. The van der Waals surface area contributed by atoms with E-state index in [-0.39, 0.29) is 13.0 Å². The van der Waals surface area contributed by atoms with Crippen LogP contribution >= 0.6 is 0 Å². The Morgan fingerprint density at radius 3 is 2.02 bits per heavy atom. The largest absolute Gasteiger partial charge is 0.458 e. The van der Waals surface area contributed by atoms with Gasteiger partial charge in [0.25, 0.3) is 0 Å². The van der Waals surface area contributed by atoms with Crippen LogP contribution in [0.2, 0.25) is 0 Å². The van der Waals surface area contributed by atoms with Gasteiger partial charge in [-0.25, -0.2) is 9.59 Å². The second-order valence-corrected chi connectivity index (χ2v) is 13.2. The van der Waals surface area contributed by atoms with Crippen LogP contribution < -0.4 is 10.6 Å². The summed E-state index contributed by atoms with van der Waals surface area (Å²) in [6.45, 7) is 18.2. The van der Waals surface area contributed by atoms with Crippen molar-refractivity contribution < 1.29 is 28.7 Å². The van der Waals surface area contributed by atoms with E-state index in [1.54, 1.807) is 48.5 Å². The summed E-state index contributed by atoms with van der Waals surface area (Å²) in [5.41, 5.74) is 1.78. The summed E-state index contributed by atoms with van der Waals surface area (Å²) in [5.74, 6) is -1.53. The van der Waals surface area contributed by atoms with Crippen molar-refractivity contribution in [3.8, 4) is 0 Å². The average Bonchev–Trinajstić information content (AvgIpc) is 2.90. The quantitative estimate of drug-likeness (QED) is 0.287. The summed E-state index contributed by atoms with van der Waals surface area (Å²) in [6.07, 6.45) is 0.877. The Morgan fingerprint density at radius 1 is 0.841 bits per heavy atom. The molecule has 3 unspecified atom stereocenters. The zero-order valence-corrected chi connectivity index (χ0v) is 28.1. The zero-order chi connectivity index (χ0) is 33.2. The van der Waals surface area contributed by atoms with Crippen LogP contribution in [0.5, 0.6) is 0 Å². The number of unbranched alkanes of at least 4 members (excludes halogenated alkanes) is 1. The van der Waals surface area contributed by atoms with Crippen molar-refractivity contribution in [3.63, 3.8) is 0 Å². The molecule has 0 bridgehead atoms. The van der Waals surface area contributed by atoms with E-state index in [1.807, 2.05) is 69.3 Å². The van der Waals surface area contributed by atoms with Gasteiger partial charge in [-0.05, 0) is 91.0 Å². The van der Waals surface area contributed by atoms with E-state index in [0.717, 1.165) is 23.1 Å². The highest BCUT2D eigenvalue weighted by atomic mass is 16.6. The molecule has 2 N–H and O–H groups in total. The van der Waals surface area contributed by atoms with Gasteiger partial charge in [0.2, 0.25) is 11.8 Å². The number of esters is 1. The van der Waals surface area contributed by atoms with Crippen LogP contribution in [0.15, 0.2) is 48.5 Å². The van der Waals surface area contributed by atoms with Crippen molar-refractivity contribution in [1.82, 2.24) is 15.5 Å². The maximum absolute atomic E-state index is 14.4. The van der Waals surface area contributed by atoms with Crippen LogP contribution in [-0.2, 0) is 30.3 Å². The van der Waals surface area contributed by atoms with E-state index in [4.69, 9.17) is 9.47 Å². The van der Waals surface area contributed by atoms with Crippen LogP contribution in [0, 0.1) is 13.8 Å². The highest BCUT2D eigenvalue weighted by Crippen LogP contribution is 2.28. The average molecular weight is 610 g/mol. The molecule has 9 nitrogen and oxygen atoms in total. The van der Waals surface area contributed by atoms with E-state index >= 15 is 0 Å². The van der Waals surface area contributed by atoms with Crippen molar-refractivity contribution >= 4 is 23.9 Å². The molecule has 0 fully saturated rings. The van der Waals surface area contributed by atoms with E-state index < -0.39 is 53.2 Å². The molecule has 3 atom stereocenters. The lowest BCUT2D eigenvalue weighted by atomic mass is 9.94. The number of carbonyl (C=O) groups is 4. The number of rotatable bonds is 12. The predicted molar refractivity (Wildman–Crippen MR) is 172 cm³/mol. The molecular formula is C35H51N3O6. The second-order valence-electron chi connectivity index (χ2n) is 13.2. The van der Waals surface area contributed by atoms with Crippen molar-refractivity contribution in [1.29, 1.82) is 0 Å². The number of carbonyl (C=O) groups excluding carboxylic acids is 4. The Labute approximate surface area is 263 Å². The van der Waals surface area contributed by atoms with E-state index in [0.29, 0.717) is 12.0 Å². The summed E-state index contributed by atoms with van der Waals surface area (Å²) in [4.78, 5) is 55.9. The van der Waals surface area contributed by atoms with Crippen molar-refractivity contribution in [2.24, 2.45) is 0 Å². The summed E-state index contributed by atoms with van der Waals surface area (Å²) < 4.78 is 11.1. The van der Waals surface area contributed by atoms with Crippen LogP contribution in [-0.4, -0.2) is 58.6 Å². The van der Waals surface area contributed by atoms with Gasteiger partial charge in [0.05, 0.1) is 0 Å². The van der Waals surface area contributed by atoms with Crippen LogP contribution in [0.25, 0.3) is 0 Å².